The number of phenols is 1. The van der Waals surface area contributed by atoms with Crippen molar-refractivity contribution in [3.05, 3.63) is 30.0 Å². The average Bonchev–Trinajstić information content (AvgIpc) is 2.56. The number of nitrogens with zero attached hydrogens (tertiary/aromatic N) is 1. The molecule has 0 aliphatic heterocycles. The van der Waals surface area contributed by atoms with Gasteiger partial charge in [-0.3, -0.25) is 5.10 Å². The number of aryl methyl sites for hydroxylation is 1. The van der Waals surface area contributed by atoms with E-state index in [0.29, 0.717) is 11.4 Å². The molecular formula is C10H11N3O. The third-order valence-corrected chi connectivity index (χ3v) is 2.11. The van der Waals surface area contributed by atoms with Crippen LogP contribution in [0.4, 0.5) is 5.82 Å². The quantitative estimate of drug-likeness (QED) is 0.638. The number of phenolic OH excluding ortho intramolecular Hbond substituents is 1. The Hall–Kier alpha value is -1.97. The van der Waals surface area contributed by atoms with Crippen molar-refractivity contribution >= 4 is 5.82 Å². The number of hydrogen-bond donors (Lipinski definition) is 3. The van der Waals surface area contributed by atoms with Crippen molar-refractivity contribution in [1.29, 1.82) is 0 Å². The topological polar surface area (TPSA) is 74.9 Å². The van der Waals surface area contributed by atoms with Crippen molar-refractivity contribution in [2.24, 2.45) is 0 Å². The van der Waals surface area contributed by atoms with Gasteiger partial charge in [-0.2, -0.15) is 5.10 Å². The Morgan fingerprint density at radius 3 is 2.79 bits per heavy atom. The van der Waals surface area contributed by atoms with Crippen molar-refractivity contribution in [2.45, 2.75) is 6.92 Å². The van der Waals surface area contributed by atoms with Gasteiger partial charge in [0.25, 0.3) is 0 Å². The summed E-state index contributed by atoms with van der Waals surface area (Å²) in [5.41, 5.74) is 8.16. The average molecular weight is 189 g/mol. The van der Waals surface area contributed by atoms with E-state index in [1.165, 1.54) is 0 Å². The first-order valence-corrected chi connectivity index (χ1v) is 4.27. The molecule has 1 heterocycles. The maximum Gasteiger partial charge on any atom is 0.126 e. The second kappa shape index (κ2) is 3.06. The molecule has 0 amide bonds. The van der Waals surface area contributed by atoms with Crippen LogP contribution < -0.4 is 5.73 Å². The number of benzene rings is 1. The van der Waals surface area contributed by atoms with Gasteiger partial charge in [-0.1, -0.05) is 11.6 Å². The van der Waals surface area contributed by atoms with Crippen LogP contribution >= 0.6 is 0 Å². The maximum absolute atomic E-state index is 9.63. The first-order valence-electron chi connectivity index (χ1n) is 4.27. The highest BCUT2D eigenvalue weighted by Gasteiger charge is 2.08. The molecule has 4 nitrogen and oxygen atoms in total. The highest BCUT2D eigenvalue weighted by Crippen LogP contribution is 2.32. The summed E-state index contributed by atoms with van der Waals surface area (Å²) in [7, 11) is 0. The molecule has 2 aromatic rings. The number of aromatic amines is 1. The molecule has 0 aliphatic carbocycles. The largest absolute Gasteiger partial charge is 0.507 e. The smallest absolute Gasteiger partial charge is 0.126 e. The summed E-state index contributed by atoms with van der Waals surface area (Å²) in [4.78, 5) is 0. The molecule has 0 saturated heterocycles. The third kappa shape index (κ3) is 1.31. The molecule has 0 aliphatic rings. The summed E-state index contributed by atoms with van der Waals surface area (Å²) in [5, 5.41) is 16.1. The molecule has 4 N–H and O–H groups in total. The lowest BCUT2D eigenvalue weighted by Crippen LogP contribution is -1.88. The number of hydrogen-bond acceptors (Lipinski definition) is 3. The van der Waals surface area contributed by atoms with E-state index in [0.717, 1.165) is 11.1 Å². The van der Waals surface area contributed by atoms with Gasteiger partial charge in [0.15, 0.2) is 0 Å². The predicted molar refractivity (Wildman–Crippen MR) is 54.8 cm³/mol. The Labute approximate surface area is 81.4 Å². The van der Waals surface area contributed by atoms with Crippen LogP contribution in [-0.4, -0.2) is 15.3 Å². The molecule has 0 atom stereocenters. The van der Waals surface area contributed by atoms with Gasteiger partial charge in [0.2, 0.25) is 0 Å². The summed E-state index contributed by atoms with van der Waals surface area (Å²) < 4.78 is 0. The van der Waals surface area contributed by atoms with Gasteiger partial charge in [0, 0.05) is 11.1 Å². The number of nitrogens with two attached hydrogens (primary N) is 1. The van der Waals surface area contributed by atoms with Crippen LogP contribution in [0.15, 0.2) is 24.4 Å². The van der Waals surface area contributed by atoms with Gasteiger partial charge in [-0.05, 0) is 19.1 Å². The number of H-pyrrole nitrogens is 1. The van der Waals surface area contributed by atoms with E-state index in [1.807, 2.05) is 19.1 Å². The van der Waals surface area contributed by atoms with Crippen LogP contribution in [0.1, 0.15) is 5.56 Å². The zero-order valence-electron chi connectivity index (χ0n) is 7.78. The van der Waals surface area contributed by atoms with Crippen LogP contribution in [0.25, 0.3) is 11.1 Å². The van der Waals surface area contributed by atoms with E-state index >= 15 is 0 Å². The van der Waals surface area contributed by atoms with E-state index in [1.54, 1.807) is 12.3 Å². The van der Waals surface area contributed by atoms with Crippen molar-refractivity contribution in [2.75, 3.05) is 5.73 Å². The van der Waals surface area contributed by atoms with Crippen molar-refractivity contribution in [1.82, 2.24) is 10.2 Å². The molecule has 0 bridgehead atoms. The van der Waals surface area contributed by atoms with Gasteiger partial charge in [-0.15, -0.1) is 0 Å². The van der Waals surface area contributed by atoms with Gasteiger partial charge in [0.1, 0.15) is 11.6 Å². The molecule has 0 saturated carbocycles. The molecule has 0 radical (unpaired) electrons. The summed E-state index contributed by atoms with van der Waals surface area (Å²) in [6, 6.07) is 5.36. The summed E-state index contributed by atoms with van der Waals surface area (Å²) >= 11 is 0. The van der Waals surface area contributed by atoms with Crippen molar-refractivity contribution in [3.8, 4) is 16.9 Å². The minimum atomic E-state index is 0.212. The lowest BCUT2D eigenvalue weighted by molar-refractivity contribution is 0.477. The van der Waals surface area contributed by atoms with Crippen LogP contribution in [0.3, 0.4) is 0 Å². The minimum absolute atomic E-state index is 0.212. The number of aromatic hydroxyl groups is 1. The van der Waals surface area contributed by atoms with Crippen LogP contribution in [0.5, 0.6) is 5.75 Å². The second-order valence-corrected chi connectivity index (χ2v) is 3.22. The summed E-state index contributed by atoms with van der Waals surface area (Å²) in [6.07, 6.45) is 1.60. The number of nitrogen functional groups attached to an aromatic ring is 1. The highest BCUT2D eigenvalue weighted by molar-refractivity contribution is 5.78. The first kappa shape index (κ1) is 8.62. The fourth-order valence-corrected chi connectivity index (χ4v) is 1.38. The normalized spacial score (nSPS) is 10.4. The first-order chi connectivity index (χ1) is 6.68. The predicted octanol–water partition coefficient (Wildman–Crippen LogP) is 1.67. The number of rotatable bonds is 1. The monoisotopic (exact) mass is 189 g/mol. The molecule has 1 aromatic heterocycles. The van der Waals surface area contributed by atoms with E-state index in [4.69, 9.17) is 5.73 Å². The standard InChI is InChI=1S/C10H11N3O/c1-6-2-3-9(14)7(4-6)8-5-12-13-10(8)11/h2-5,14H,1H3,(H3,11,12,13). The van der Waals surface area contributed by atoms with E-state index in [-0.39, 0.29) is 5.75 Å². The van der Waals surface area contributed by atoms with Gasteiger partial charge in [0.05, 0.1) is 6.20 Å². The van der Waals surface area contributed by atoms with Gasteiger partial charge in [-0.25, -0.2) is 0 Å². The fourth-order valence-electron chi connectivity index (χ4n) is 1.38. The van der Waals surface area contributed by atoms with Crippen LogP contribution in [0.2, 0.25) is 0 Å². The van der Waals surface area contributed by atoms with Crippen molar-refractivity contribution in [3.63, 3.8) is 0 Å². The van der Waals surface area contributed by atoms with Crippen LogP contribution in [0, 0.1) is 6.92 Å². The highest BCUT2D eigenvalue weighted by atomic mass is 16.3. The zero-order chi connectivity index (χ0) is 10.1. The van der Waals surface area contributed by atoms with Crippen LogP contribution in [-0.2, 0) is 0 Å². The lowest BCUT2D eigenvalue weighted by atomic mass is 10.1. The number of anilines is 1. The number of aromatic nitrogens is 2. The third-order valence-electron chi connectivity index (χ3n) is 2.11. The van der Waals surface area contributed by atoms with Crippen molar-refractivity contribution < 1.29 is 5.11 Å². The Bertz CT molecular complexity index is 462. The molecule has 0 unspecified atom stereocenters. The lowest BCUT2D eigenvalue weighted by Gasteiger charge is -2.03. The molecule has 4 heteroatoms. The maximum atomic E-state index is 9.63. The number of nitrogens with one attached hydrogen (secondary N) is 1. The van der Waals surface area contributed by atoms with E-state index in [9.17, 15) is 5.11 Å². The van der Waals surface area contributed by atoms with E-state index < -0.39 is 0 Å². The summed E-state index contributed by atoms with van der Waals surface area (Å²) in [6.45, 7) is 1.96. The molecule has 2 rings (SSSR count). The Morgan fingerprint density at radius 2 is 2.14 bits per heavy atom. The van der Waals surface area contributed by atoms with E-state index in [2.05, 4.69) is 10.2 Å². The SMILES string of the molecule is Cc1ccc(O)c(-c2cn[nH]c2N)c1. The summed E-state index contributed by atoms with van der Waals surface area (Å²) in [5.74, 6) is 0.676. The Kier molecular flexibility index (Phi) is 1.89. The minimum Gasteiger partial charge on any atom is -0.507 e. The molecule has 0 spiro atoms. The second-order valence-electron chi connectivity index (χ2n) is 3.22. The van der Waals surface area contributed by atoms with Gasteiger partial charge >= 0.3 is 0 Å². The van der Waals surface area contributed by atoms with Gasteiger partial charge < -0.3 is 10.8 Å². The molecule has 0 fully saturated rings. The zero-order valence-corrected chi connectivity index (χ0v) is 7.78. The Balaban J connectivity index is 2.62. The Morgan fingerprint density at radius 1 is 1.36 bits per heavy atom. The molecule has 1 aromatic carbocycles. The fraction of sp³-hybridized carbons (Fsp3) is 0.100. The molecular weight excluding hydrogens is 178 g/mol. The molecule has 72 valence electrons. The molecule has 14 heavy (non-hydrogen) atoms.